The van der Waals surface area contributed by atoms with Crippen LogP contribution < -0.4 is 0 Å². The van der Waals surface area contributed by atoms with E-state index < -0.39 is 5.97 Å². The number of carbonyl (C=O) groups is 2. The lowest BCUT2D eigenvalue weighted by molar-refractivity contribution is -0.146. The van der Waals surface area contributed by atoms with Crippen LogP contribution in [-0.2, 0) is 9.59 Å². The van der Waals surface area contributed by atoms with Crippen LogP contribution in [0.3, 0.4) is 0 Å². The van der Waals surface area contributed by atoms with Gasteiger partial charge in [0.1, 0.15) is 5.70 Å². The van der Waals surface area contributed by atoms with Gasteiger partial charge in [0, 0.05) is 11.3 Å². The Morgan fingerprint density at radius 3 is 2.81 bits per heavy atom. The quantitative estimate of drug-likeness (QED) is 0.318. The van der Waals surface area contributed by atoms with Gasteiger partial charge in [-0.25, -0.2) is 4.79 Å². The lowest BCUT2D eigenvalue weighted by Crippen LogP contribution is -2.54. The van der Waals surface area contributed by atoms with Gasteiger partial charge in [-0.3, -0.25) is 9.69 Å². The van der Waals surface area contributed by atoms with Crippen LogP contribution in [0.2, 0.25) is 0 Å². The molecule has 0 unspecified atom stereocenters. The Labute approximate surface area is 95.6 Å². The van der Waals surface area contributed by atoms with Crippen molar-refractivity contribution in [2.24, 2.45) is 5.16 Å². The van der Waals surface area contributed by atoms with Gasteiger partial charge >= 0.3 is 5.97 Å². The molecule has 86 valence electrons. The van der Waals surface area contributed by atoms with E-state index in [1.165, 1.54) is 23.6 Å². The summed E-state index contributed by atoms with van der Waals surface area (Å²) in [5, 5.41) is 20.7. The highest BCUT2D eigenvalue weighted by molar-refractivity contribution is 8.00. The average molecular weight is 242 g/mol. The summed E-state index contributed by atoms with van der Waals surface area (Å²) in [6.07, 6.45) is 0.379. The first-order valence-electron chi connectivity index (χ1n) is 4.65. The second kappa shape index (κ2) is 3.82. The molecule has 1 amide bonds. The Morgan fingerprint density at radius 1 is 1.62 bits per heavy atom. The van der Waals surface area contributed by atoms with Crippen LogP contribution in [-0.4, -0.2) is 43.9 Å². The molecule has 1 fully saturated rings. The summed E-state index contributed by atoms with van der Waals surface area (Å²) < 4.78 is 0. The van der Waals surface area contributed by atoms with E-state index in [0.717, 1.165) is 0 Å². The normalized spacial score (nSPS) is 25.3. The first kappa shape index (κ1) is 11.0. The van der Waals surface area contributed by atoms with Crippen molar-refractivity contribution in [1.29, 1.82) is 0 Å². The highest BCUT2D eigenvalue weighted by atomic mass is 32.2. The van der Waals surface area contributed by atoms with E-state index >= 15 is 0 Å². The average Bonchev–Trinajstić information content (AvgIpc) is 2.25. The van der Waals surface area contributed by atoms with Crippen molar-refractivity contribution in [3.8, 4) is 0 Å². The molecule has 0 aromatic heterocycles. The molecule has 0 bridgehead atoms. The van der Waals surface area contributed by atoms with E-state index in [1.807, 2.05) is 0 Å². The van der Waals surface area contributed by atoms with Gasteiger partial charge in [0.2, 0.25) is 5.91 Å². The fraction of sp³-hybridized carbons (Fsp3) is 0.444. The van der Waals surface area contributed by atoms with Crippen LogP contribution in [0, 0.1) is 0 Å². The van der Waals surface area contributed by atoms with Crippen molar-refractivity contribution >= 4 is 29.4 Å². The molecular formula is C9H10N2O4S. The molecular weight excluding hydrogens is 232 g/mol. The van der Waals surface area contributed by atoms with Crippen LogP contribution in [0.4, 0.5) is 0 Å². The summed E-state index contributed by atoms with van der Waals surface area (Å²) in [5.74, 6) is -0.902. The molecule has 0 radical (unpaired) electrons. The molecule has 0 aliphatic carbocycles. The van der Waals surface area contributed by atoms with Gasteiger partial charge in [0.25, 0.3) is 0 Å². The highest BCUT2D eigenvalue weighted by Gasteiger charge is 2.45. The van der Waals surface area contributed by atoms with Crippen LogP contribution >= 0.6 is 11.8 Å². The standard InChI is InChI=1S/C9H10N2O4S/c1-4(10-15)5-3-16-7-2-6(12)11(7)8(5)9(13)14/h7,15H,2-3H2,1H3,(H,13,14)/t7-/m0/s1. The van der Waals surface area contributed by atoms with Gasteiger partial charge in [0.05, 0.1) is 17.5 Å². The van der Waals surface area contributed by atoms with Crippen molar-refractivity contribution in [2.45, 2.75) is 18.7 Å². The van der Waals surface area contributed by atoms with Crippen molar-refractivity contribution in [3.63, 3.8) is 0 Å². The largest absolute Gasteiger partial charge is 0.477 e. The summed E-state index contributed by atoms with van der Waals surface area (Å²) in [5.41, 5.74) is 0.600. The smallest absolute Gasteiger partial charge is 0.353 e. The third-order valence-corrected chi connectivity index (χ3v) is 3.86. The fourth-order valence-electron chi connectivity index (χ4n) is 1.75. The van der Waals surface area contributed by atoms with Gasteiger partial charge in [-0.2, -0.15) is 0 Å². The van der Waals surface area contributed by atoms with E-state index in [0.29, 0.717) is 17.7 Å². The monoisotopic (exact) mass is 242 g/mol. The third-order valence-electron chi connectivity index (χ3n) is 2.64. The number of rotatable bonds is 2. The Hall–Kier alpha value is -1.50. The minimum atomic E-state index is -1.16. The molecule has 0 spiro atoms. The van der Waals surface area contributed by atoms with E-state index in [-0.39, 0.29) is 22.7 Å². The third kappa shape index (κ3) is 1.47. The molecule has 16 heavy (non-hydrogen) atoms. The Morgan fingerprint density at radius 2 is 2.31 bits per heavy atom. The van der Waals surface area contributed by atoms with Gasteiger partial charge < -0.3 is 10.3 Å². The van der Waals surface area contributed by atoms with E-state index in [2.05, 4.69) is 5.16 Å². The number of carbonyl (C=O) groups excluding carboxylic acids is 1. The van der Waals surface area contributed by atoms with E-state index in [1.54, 1.807) is 0 Å². The molecule has 2 heterocycles. The number of nitrogens with zero attached hydrogens (tertiary/aromatic N) is 2. The predicted molar refractivity (Wildman–Crippen MR) is 57.3 cm³/mol. The summed E-state index contributed by atoms with van der Waals surface area (Å²) >= 11 is 1.48. The van der Waals surface area contributed by atoms with Crippen molar-refractivity contribution in [1.82, 2.24) is 4.90 Å². The first-order valence-corrected chi connectivity index (χ1v) is 5.70. The Kier molecular flexibility index (Phi) is 2.63. The minimum absolute atomic E-state index is 0.0460. The van der Waals surface area contributed by atoms with Crippen LogP contribution in [0.25, 0.3) is 0 Å². The van der Waals surface area contributed by atoms with Gasteiger partial charge in [-0.05, 0) is 6.92 Å². The van der Waals surface area contributed by atoms with E-state index in [4.69, 9.17) is 10.3 Å². The summed E-state index contributed by atoms with van der Waals surface area (Å²) in [6.45, 7) is 1.52. The zero-order valence-electron chi connectivity index (χ0n) is 8.51. The number of oxime groups is 1. The summed E-state index contributed by atoms with van der Waals surface area (Å²) in [4.78, 5) is 23.7. The number of carboxylic acids is 1. The maximum absolute atomic E-state index is 11.3. The van der Waals surface area contributed by atoms with Gasteiger partial charge in [-0.15, -0.1) is 11.8 Å². The number of hydrogen-bond acceptors (Lipinski definition) is 5. The molecule has 6 nitrogen and oxygen atoms in total. The highest BCUT2D eigenvalue weighted by Crippen LogP contribution is 2.40. The number of β-lactam (4-membered cyclic amide) rings is 1. The second-order valence-electron chi connectivity index (χ2n) is 3.55. The molecule has 2 aliphatic rings. The number of fused-ring (bicyclic) bond motifs is 1. The van der Waals surface area contributed by atoms with E-state index in [9.17, 15) is 9.59 Å². The molecule has 2 aliphatic heterocycles. The second-order valence-corrected chi connectivity index (χ2v) is 4.72. The number of aliphatic carboxylic acids is 1. The predicted octanol–water partition coefficient (Wildman–Crippen LogP) is 0.480. The fourth-order valence-corrected chi connectivity index (χ4v) is 3.09. The SMILES string of the molecule is CC(=NO)C1=C(C(=O)O)N2C(=O)C[C@@H]2SC1. The summed E-state index contributed by atoms with van der Waals surface area (Å²) in [7, 11) is 0. The molecule has 0 saturated carbocycles. The zero-order valence-corrected chi connectivity index (χ0v) is 9.32. The molecule has 2 rings (SSSR count). The Balaban J connectivity index is 2.47. The first-order chi connectivity index (χ1) is 7.56. The summed E-state index contributed by atoms with van der Waals surface area (Å²) in [6, 6.07) is 0. The van der Waals surface area contributed by atoms with Crippen molar-refractivity contribution in [3.05, 3.63) is 11.3 Å². The number of carboxylic acid groups (broad SMARTS) is 1. The number of thioether (sulfide) groups is 1. The maximum Gasteiger partial charge on any atom is 0.353 e. The molecule has 1 saturated heterocycles. The molecule has 0 aromatic rings. The number of hydrogen-bond donors (Lipinski definition) is 2. The number of amides is 1. The lowest BCUT2D eigenvalue weighted by Gasteiger charge is -2.43. The minimum Gasteiger partial charge on any atom is -0.477 e. The lowest BCUT2D eigenvalue weighted by atomic mass is 10.1. The maximum atomic E-state index is 11.3. The zero-order chi connectivity index (χ0) is 11.9. The Bertz CT molecular complexity index is 429. The molecule has 7 heteroatoms. The van der Waals surface area contributed by atoms with Gasteiger partial charge in [0.15, 0.2) is 0 Å². The van der Waals surface area contributed by atoms with Crippen molar-refractivity contribution in [2.75, 3.05) is 5.75 Å². The van der Waals surface area contributed by atoms with Gasteiger partial charge in [-0.1, -0.05) is 5.16 Å². The topological polar surface area (TPSA) is 90.2 Å². The molecule has 0 aromatic carbocycles. The molecule has 2 N–H and O–H groups in total. The van der Waals surface area contributed by atoms with Crippen LogP contribution in [0.15, 0.2) is 16.4 Å². The van der Waals surface area contributed by atoms with Crippen LogP contribution in [0.5, 0.6) is 0 Å². The van der Waals surface area contributed by atoms with Crippen molar-refractivity contribution < 1.29 is 19.9 Å². The molecule has 1 atom stereocenters. The van der Waals surface area contributed by atoms with Crippen LogP contribution in [0.1, 0.15) is 13.3 Å².